The molecule has 1 N–H and O–H groups in total. The summed E-state index contributed by atoms with van der Waals surface area (Å²) < 4.78 is 39.8. The highest BCUT2D eigenvalue weighted by atomic mass is 79.9. The molecule has 0 spiro atoms. The van der Waals surface area contributed by atoms with Crippen LogP contribution >= 0.6 is 15.9 Å². The van der Waals surface area contributed by atoms with Gasteiger partial charge < -0.3 is 4.90 Å². The molecule has 3 nitrogen and oxygen atoms in total. The third-order valence-electron chi connectivity index (χ3n) is 2.46. The van der Waals surface area contributed by atoms with Gasteiger partial charge in [0.25, 0.3) is 6.43 Å². The molecule has 0 fully saturated rings. The molecule has 17 heavy (non-hydrogen) atoms. The first-order chi connectivity index (χ1) is 7.95. The van der Waals surface area contributed by atoms with Gasteiger partial charge >= 0.3 is 0 Å². The number of aromatic nitrogens is 2. The molecule has 1 aromatic carbocycles. The molecule has 7 heteroatoms. The second kappa shape index (κ2) is 4.21. The Hall–Kier alpha value is -1.24. The van der Waals surface area contributed by atoms with E-state index in [-0.39, 0.29) is 10.2 Å². The van der Waals surface area contributed by atoms with Gasteiger partial charge in [0.2, 0.25) is 0 Å². The molecule has 0 amide bonds. The Morgan fingerprint density at radius 1 is 1.41 bits per heavy atom. The van der Waals surface area contributed by atoms with E-state index in [0.29, 0.717) is 10.9 Å². The number of H-pyrrole nitrogens is 1. The van der Waals surface area contributed by atoms with E-state index in [4.69, 9.17) is 0 Å². The van der Waals surface area contributed by atoms with Crippen LogP contribution in [0.3, 0.4) is 0 Å². The average molecular weight is 308 g/mol. The minimum absolute atomic E-state index is 0.0411. The standard InChI is InChI=1S/C10H9BrF3N3/c1-17(2)9-7(12)5(10(13)14)6(11)4-3-15-16-8(4)9/h3,10H,1-2H3,(H,15,16). The molecule has 0 aliphatic heterocycles. The van der Waals surface area contributed by atoms with E-state index in [1.165, 1.54) is 11.1 Å². The van der Waals surface area contributed by atoms with Crippen LogP contribution in [-0.4, -0.2) is 24.3 Å². The Labute approximate surface area is 104 Å². The van der Waals surface area contributed by atoms with Crippen LogP contribution in [0, 0.1) is 5.82 Å². The molecule has 0 bridgehead atoms. The minimum Gasteiger partial charge on any atom is -0.374 e. The molecule has 1 heterocycles. The van der Waals surface area contributed by atoms with E-state index >= 15 is 0 Å². The summed E-state index contributed by atoms with van der Waals surface area (Å²) in [6.07, 6.45) is -1.50. The lowest BCUT2D eigenvalue weighted by Gasteiger charge is -2.18. The maximum absolute atomic E-state index is 14.0. The van der Waals surface area contributed by atoms with Gasteiger partial charge in [0, 0.05) is 24.0 Å². The van der Waals surface area contributed by atoms with Crippen molar-refractivity contribution in [2.75, 3.05) is 19.0 Å². The van der Waals surface area contributed by atoms with E-state index in [9.17, 15) is 13.2 Å². The van der Waals surface area contributed by atoms with E-state index < -0.39 is 17.8 Å². The van der Waals surface area contributed by atoms with Crippen LogP contribution in [0.4, 0.5) is 18.9 Å². The molecule has 0 saturated carbocycles. The van der Waals surface area contributed by atoms with Crippen molar-refractivity contribution in [2.45, 2.75) is 6.43 Å². The second-order valence-electron chi connectivity index (χ2n) is 3.74. The zero-order valence-electron chi connectivity index (χ0n) is 9.06. The number of rotatable bonds is 2. The summed E-state index contributed by atoms with van der Waals surface area (Å²) in [5.41, 5.74) is -0.164. The number of nitrogens with zero attached hydrogens (tertiary/aromatic N) is 2. The van der Waals surface area contributed by atoms with E-state index in [0.717, 1.165) is 0 Å². The first-order valence-corrected chi connectivity index (χ1v) is 5.53. The van der Waals surface area contributed by atoms with Crippen molar-refractivity contribution in [3.63, 3.8) is 0 Å². The van der Waals surface area contributed by atoms with E-state index in [1.54, 1.807) is 14.1 Å². The highest BCUT2D eigenvalue weighted by molar-refractivity contribution is 9.10. The van der Waals surface area contributed by atoms with Gasteiger partial charge in [0.05, 0.1) is 23.0 Å². The number of halogens is 4. The average Bonchev–Trinajstić information content (AvgIpc) is 2.65. The number of nitrogens with one attached hydrogen (secondary N) is 1. The minimum atomic E-state index is -2.89. The zero-order chi connectivity index (χ0) is 12.7. The summed E-state index contributed by atoms with van der Waals surface area (Å²) in [6.45, 7) is 0. The smallest absolute Gasteiger partial charge is 0.267 e. The first kappa shape index (κ1) is 12.2. The van der Waals surface area contributed by atoms with Crippen LogP contribution < -0.4 is 4.90 Å². The van der Waals surface area contributed by atoms with Gasteiger partial charge in [-0.25, -0.2) is 13.2 Å². The molecule has 0 aliphatic carbocycles. The zero-order valence-corrected chi connectivity index (χ0v) is 10.6. The van der Waals surface area contributed by atoms with Crippen molar-refractivity contribution in [1.29, 1.82) is 0 Å². The van der Waals surface area contributed by atoms with Crippen LogP contribution in [0.25, 0.3) is 10.9 Å². The molecule has 2 rings (SSSR count). The molecule has 0 radical (unpaired) electrons. The van der Waals surface area contributed by atoms with Gasteiger partial charge in [-0.15, -0.1) is 0 Å². The fourth-order valence-electron chi connectivity index (χ4n) is 1.72. The summed E-state index contributed by atoms with van der Waals surface area (Å²) >= 11 is 3.00. The fourth-order valence-corrected chi connectivity index (χ4v) is 2.37. The Morgan fingerprint density at radius 2 is 2.06 bits per heavy atom. The number of hydrogen-bond acceptors (Lipinski definition) is 2. The molecular formula is C10H9BrF3N3. The van der Waals surface area contributed by atoms with E-state index in [2.05, 4.69) is 26.1 Å². The third-order valence-corrected chi connectivity index (χ3v) is 3.31. The number of hydrogen-bond donors (Lipinski definition) is 1. The number of fused-ring (bicyclic) bond motifs is 1. The SMILES string of the molecule is CN(C)c1c(F)c(C(F)F)c(Br)c2cn[nH]c12. The van der Waals surface area contributed by atoms with Crippen LogP contribution in [-0.2, 0) is 0 Å². The van der Waals surface area contributed by atoms with Gasteiger partial charge in [0.15, 0.2) is 5.82 Å². The first-order valence-electron chi connectivity index (χ1n) is 4.74. The van der Waals surface area contributed by atoms with Crippen LogP contribution in [0.5, 0.6) is 0 Å². The summed E-state index contributed by atoms with van der Waals surface area (Å²) in [5.74, 6) is -0.936. The topological polar surface area (TPSA) is 31.9 Å². The number of alkyl halides is 2. The lowest BCUT2D eigenvalue weighted by molar-refractivity contribution is 0.146. The quantitative estimate of drug-likeness (QED) is 0.921. The van der Waals surface area contributed by atoms with Crippen molar-refractivity contribution >= 4 is 32.5 Å². The summed E-state index contributed by atoms with van der Waals surface area (Å²) in [6, 6.07) is 0. The van der Waals surface area contributed by atoms with Gasteiger partial charge in [-0.1, -0.05) is 0 Å². The third kappa shape index (κ3) is 1.78. The largest absolute Gasteiger partial charge is 0.374 e. The molecule has 2 aromatic rings. The predicted molar refractivity (Wildman–Crippen MR) is 63.0 cm³/mol. The van der Waals surface area contributed by atoms with Crippen molar-refractivity contribution in [1.82, 2.24) is 10.2 Å². The molecule has 0 atom stereocenters. The summed E-state index contributed by atoms with van der Waals surface area (Å²) in [4.78, 5) is 1.44. The highest BCUT2D eigenvalue weighted by Gasteiger charge is 2.26. The van der Waals surface area contributed by atoms with Gasteiger partial charge in [-0.05, 0) is 15.9 Å². The summed E-state index contributed by atoms with van der Waals surface area (Å²) in [5, 5.41) is 6.80. The lowest BCUT2D eigenvalue weighted by atomic mass is 10.1. The molecular weight excluding hydrogens is 299 g/mol. The Kier molecular flexibility index (Phi) is 3.03. The highest BCUT2D eigenvalue weighted by Crippen LogP contribution is 2.40. The molecule has 0 aliphatic rings. The summed E-state index contributed by atoms with van der Waals surface area (Å²) in [7, 11) is 3.17. The van der Waals surface area contributed by atoms with Crippen molar-refractivity contribution in [2.24, 2.45) is 0 Å². The van der Waals surface area contributed by atoms with Crippen LogP contribution in [0.1, 0.15) is 12.0 Å². The van der Waals surface area contributed by atoms with Crippen LogP contribution in [0.15, 0.2) is 10.7 Å². The van der Waals surface area contributed by atoms with E-state index in [1.807, 2.05) is 0 Å². The monoisotopic (exact) mass is 307 g/mol. The fraction of sp³-hybridized carbons (Fsp3) is 0.300. The Balaban J connectivity index is 2.92. The van der Waals surface area contributed by atoms with Crippen molar-refractivity contribution in [3.05, 3.63) is 22.1 Å². The molecule has 1 aromatic heterocycles. The maximum Gasteiger partial charge on any atom is 0.267 e. The van der Waals surface area contributed by atoms with Crippen molar-refractivity contribution in [3.8, 4) is 0 Å². The van der Waals surface area contributed by atoms with Gasteiger partial charge in [0.1, 0.15) is 0 Å². The Bertz CT molecular complexity index is 565. The molecule has 0 unspecified atom stereocenters. The number of aromatic amines is 1. The van der Waals surface area contributed by atoms with Crippen molar-refractivity contribution < 1.29 is 13.2 Å². The molecule has 92 valence electrons. The second-order valence-corrected chi connectivity index (χ2v) is 4.54. The van der Waals surface area contributed by atoms with Gasteiger partial charge in [-0.3, -0.25) is 5.10 Å². The maximum atomic E-state index is 14.0. The lowest BCUT2D eigenvalue weighted by Crippen LogP contribution is -2.13. The predicted octanol–water partition coefficient (Wildman–Crippen LogP) is 3.47. The van der Waals surface area contributed by atoms with Crippen LogP contribution in [0.2, 0.25) is 0 Å². The Morgan fingerprint density at radius 3 is 2.59 bits per heavy atom. The molecule has 0 saturated heterocycles. The van der Waals surface area contributed by atoms with Gasteiger partial charge in [-0.2, -0.15) is 5.10 Å². The normalized spacial score (nSPS) is 11.5. The number of benzene rings is 1. The number of anilines is 1.